The minimum atomic E-state index is -0.915. The maximum atomic E-state index is 10.8. The van der Waals surface area contributed by atoms with Gasteiger partial charge in [-0.1, -0.05) is 12.1 Å². The second-order valence-corrected chi connectivity index (χ2v) is 5.21. The van der Waals surface area contributed by atoms with Gasteiger partial charge >= 0.3 is 5.97 Å². The number of rotatable bonds is 7. The number of carboxylic acid groups (broad SMARTS) is 1. The van der Waals surface area contributed by atoms with E-state index < -0.39 is 5.97 Å². The Morgan fingerprint density at radius 2 is 2.22 bits per heavy atom. The molecular weight excluding hydrogens is 250 g/mol. The van der Waals surface area contributed by atoms with Crippen LogP contribution in [-0.4, -0.2) is 40.3 Å². The number of carboxylic acids is 1. The van der Waals surface area contributed by atoms with E-state index in [1.54, 1.807) is 30.0 Å². The molecule has 1 aromatic rings. The minimum absolute atomic E-state index is 0.129. The van der Waals surface area contributed by atoms with Gasteiger partial charge in [0.1, 0.15) is 0 Å². The van der Waals surface area contributed by atoms with Crippen molar-refractivity contribution in [3.63, 3.8) is 0 Å². The topological polar surface area (TPSA) is 69.6 Å². The normalized spacial score (nSPS) is 14.2. The van der Waals surface area contributed by atoms with Gasteiger partial charge in [0.2, 0.25) is 0 Å². The van der Waals surface area contributed by atoms with Gasteiger partial charge in [-0.25, -0.2) is 4.79 Å². The van der Waals surface area contributed by atoms with Gasteiger partial charge in [-0.3, -0.25) is 0 Å². The predicted octanol–water partition coefficient (Wildman–Crippen LogP) is 1.59. The summed E-state index contributed by atoms with van der Waals surface area (Å²) < 4.78 is 0. The van der Waals surface area contributed by atoms with Crippen molar-refractivity contribution >= 4 is 17.7 Å². The highest BCUT2D eigenvalue weighted by atomic mass is 32.2. The SMILES string of the molecule is CSC(CO)C(C)NCc1cccc(C(=O)O)c1. The molecule has 0 radical (unpaired) electrons. The number of hydrogen-bond donors (Lipinski definition) is 3. The molecule has 0 amide bonds. The van der Waals surface area contributed by atoms with Crippen LogP contribution < -0.4 is 5.32 Å². The monoisotopic (exact) mass is 269 g/mol. The Morgan fingerprint density at radius 1 is 1.50 bits per heavy atom. The third-order valence-corrected chi connectivity index (χ3v) is 4.01. The van der Waals surface area contributed by atoms with Crippen molar-refractivity contribution in [2.45, 2.75) is 24.8 Å². The summed E-state index contributed by atoms with van der Waals surface area (Å²) in [5.74, 6) is -0.915. The molecule has 1 aromatic carbocycles. The smallest absolute Gasteiger partial charge is 0.335 e. The molecule has 0 saturated carbocycles. The predicted molar refractivity (Wildman–Crippen MR) is 74.1 cm³/mol. The van der Waals surface area contributed by atoms with Crippen LogP contribution in [0.5, 0.6) is 0 Å². The number of carbonyl (C=O) groups is 1. The molecule has 0 aliphatic rings. The van der Waals surface area contributed by atoms with Gasteiger partial charge < -0.3 is 15.5 Å². The molecule has 0 spiro atoms. The van der Waals surface area contributed by atoms with E-state index in [1.807, 2.05) is 19.2 Å². The molecule has 0 aliphatic heterocycles. The third kappa shape index (κ3) is 4.33. The molecule has 100 valence electrons. The fourth-order valence-electron chi connectivity index (χ4n) is 1.66. The number of aliphatic hydroxyl groups is 1. The van der Waals surface area contributed by atoms with Crippen LogP contribution in [0.2, 0.25) is 0 Å². The number of aliphatic hydroxyl groups excluding tert-OH is 1. The summed E-state index contributed by atoms with van der Waals surface area (Å²) in [6.07, 6.45) is 1.96. The molecule has 0 aliphatic carbocycles. The Morgan fingerprint density at radius 3 is 2.78 bits per heavy atom. The van der Waals surface area contributed by atoms with Crippen molar-refractivity contribution in [2.75, 3.05) is 12.9 Å². The van der Waals surface area contributed by atoms with Gasteiger partial charge in [-0.2, -0.15) is 11.8 Å². The fourth-order valence-corrected chi connectivity index (χ4v) is 2.31. The van der Waals surface area contributed by atoms with Crippen LogP contribution in [0, 0.1) is 0 Å². The highest BCUT2D eigenvalue weighted by Gasteiger charge is 2.14. The van der Waals surface area contributed by atoms with Gasteiger partial charge in [0.15, 0.2) is 0 Å². The maximum Gasteiger partial charge on any atom is 0.335 e. The number of thioether (sulfide) groups is 1. The molecule has 1 rings (SSSR count). The fraction of sp³-hybridized carbons (Fsp3) is 0.462. The van der Waals surface area contributed by atoms with Crippen molar-refractivity contribution in [2.24, 2.45) is 0 Å². The number of benzene rings is 1. The van der Waals surface area contributed by atoms with Gasteiger partial charge in [-0.05, 0) is 30.9 Å². The lowest BCUT2D eigenvalue weighted by atomic mass is 10.1. The Balaban J connectivity index is 2.58. The van der Waals surface area contributed by atoms with Crippen LogP contribution in [-0.2, 0) is 6.54 Å². The first-order valence-electron chi connectivity index (χ1n) is 5.77. The Hall–Kier alpha value is -1.04. The van der Waals surface area contributed by atoms with Crippen molar-refractivity contribution in [3.05, 3.63) is 35.4 Å². The summed E-state index contributed by atoms with van der Waals surface area (Å²) in [6.45, 7) is 2.74. The van der Waals surface area contributed by atoms with E-state index in [4.69, 9.17) is 5.11 Å². The molecule has 2 unspecified atom stereocenters. The summed E-state index contributed by atoms with van der Waals surface area (Å²) in [7, 11) is 0. The molecule has 2 atom stereocenters. The van der Waals surface area contributed by atoms with E-state index in [0.717, 1.165) is 5.56 Å². The lowest BCUT2D eigenvalue weighted by molar-refractivity contribution is 0.0696. The van der Waals surface area contributed by atoms with E-state index in [-0.39, 0.29) is 17.9 Å². The lowest BCUT2D eigenvalue weighted by Crippen LogP contribution is -2.37. The van der Waals surface area contributed by atoms with E-state index in [2.05, 4.69) is 5.32 Å². The summed E-state index contributed by atoms with van der Waals surface area (Å²) in [4.78, 5) is 10.8. The Labute approximate surface area is 111 Å². The van der Waals surface area contributed by atoms with E-state index in [0.29, 0.717) is 12.1 Å². The van der Waals surface area contributed by atoms with Crippen LogP contribution in [0.4, 0.5) is 0 Å². The van der Waals surface area contributed by atoms with Crippen molar-refractivity contribution in [3.8, 4) is 0 Å². The number of hydrogen-bond acceptors (Lipinski definition) is 4. The molecule has 5 heteroatoms. The van der Waals surface area contributed by atoms with Crippen molar-refractivity contribution < 1.29 is 15.0 Å². The second kappa shape index (κ2) is 7.41. The van der Waals surface area contributed by atoms with E-state index in [9.17, 15) is 9.90 Å². The summed E-state index contributed by atoms with van der Waals surface area (Å²) in [6, 6.07) is 7.03. The first kappa shape index (κ1) is 15.0. The van der Waals surface area contributed by atoms with E-state index in [1.165, 1.54) is 0 Å². The number of nitrogens with one attached hydrogen (secondary N) is 1. The average molecular weight is 269 g/mol. The lowest BCUT2D eigenvalue weighted by Gasteiger charge is -2.21. The first-order valence-corrected chi connectivity index (χ1v) is 7.06. The quantitative estimate of drug-likeness (QED) is 0.701. The first-order chi connectivity index (χ1) is 8.58. The molecular formula is C13H19NO3S. The highest BCUT2D eigenvalue weighted by molar-refractivity contribution is 7.99. The summed E-state index contributed by atoms with van der Waals surface area (Å²) in [5, 5.41) is 21.5. The Kier molecular flexibility index (Phi) is 6.18. The van der Waals surface area contributed by atoms with Gasteiger partial charge in [0.25, 0.3) is 0 Å². The Bertz CT molecular complexity index is 394. The molecule has 0 heterocycles. The zero-order chi connectivity index (χ0) is 13.5. The average Bonchev–Trinajstić information content (AvgIpc) is 2.38. The molecule has 0 saturated heterocycles. The number of aromatic carboxylic acids is 1. The molecule has 18 heavy (non-hydrogen) atoms. The summed E-state index contributed by atoms with van der Waals surface area (Å²) >= 11 is 1.61. The molecule has 0 fully saturated rings. The summed E-state index contributed by atoms with van der Waals surface area (Å²) in [5.41, 5.74) is 1.23. The maximum absolute atomic E-state index is 10.8. The van der Waals surface area contributed by atoms with E-state index >= 15 is 0 Å². The van der Waals surface area contributed by atoms with Gasteiger partial charge in [-0.15, -0.1) is 0 Å². The van der Waals surface area contributed by atoms with Crippen molar-refractivity contribution in [1.82, 2.24) is 5.32 Å². The zero-order valence-electron chi connectivity index (χ0n) is 10.6. The van der Waals surface area contributed by atoms with Gasteiger partial charge in [0, 0.05) is 17.8 Å². The van der Waals surface area contributed by atoms with Crippen LogP contribution in [0.1, 0.15) is 22.8 Å². The highest BCUT2D eigenvalue weighted by Crippen LogP contribution is 2.11. The van der Waals surface area contributed by atoms with Crippen LogP contribution >= 0.6 is 11.8 Å². The molecule has 3 N–H and O–H groups in total. The third-order valence-electron chi connectivity index (χ3n) is 2.84. The largest absolute Gasteiger partial charge is 0.478 e. The van der Waals surface area contributed by atoms with Crippen LogP contribution in [0.25, 0.3) is 0 Å². The standard InChI is InChI=1S/C13H19NO3S/c1-9(12(8-15)18-2)14-7-10-4-3-5-11(6-10)13(16)17/h3-6,9,12,14-15H,7-8H2,1-2H3,(H,16,17). The van der Waals surface area contributed by atoms with Crippen LogP contribution in [0.15, 0.2) is 24.3 Å². The van der Waals surface area contributed by atoms with Crippen molar-refractivity contribution in [1.29, 1.82) is 0 Å². The van der Waals surface area contributed by atoms with Crippen LogP contribution in [0.3, 0.4) is 0 Å². The second-order valence-electron chi connectivity index (χ2n) is 4.13. The van der Waals surface area contributed by atoms with Gasteiger partial charge in [0.05, 0.1) is 12.2 Å². The minimum Gasteiger partial charge on any atom is -0.478 e. The molecule has 0 bridgehead atoms. The molecule has 0 aromatic heterocycles. The molecule has 4 nitrogen and oxygen atoms in total. The zero-order valence-corrected chi connectivity index (χ0v) is 11.4.